The van der Waals surface area contributed by atoms with Crippen LogP contribution in [-0.2, 0) is 7.05 Å². The van der Waals surface area contributed by atoms with E-state index in [4.69, 9.17) is 4.42 Å². The van der Waals surface area contributed by atoms with Gasteiger partial charge in [-0.2, -0.15) is 5.10 Å². The van der Waals surface area contributed by atoms with E-state index < -0.39 is 0 Å². The van der Waals surface area contributed by atoms with Gasteiger partial charge in [0, 0.05) is 40.1 Å². The van der Waals surface area contributed by atoms with Crippen molar-refractivity contribution < 1.29 is 4.42 Å². The van der Waals surface area contributed by atoms with Gasteiger partial charge in [-0.1, -0.05) is 22.0 Å². The van der Waals surface area contributed by atoms with Crippen LogP contribution in [0.15, 0.2) is 45.7 Å². The van der Waals surface area contributed by atoms with Crippen LogP contribution in [0.4, 0.5) is 0 Å². The maximum Gasteiger partial charge on any atom is 0.196 e. The summed E-state index contributed by atoms with van der Waals surface area (Å²) >= 11 is 3.62. The third-order valence-corrected chi connectivity index (χ3v) is 5.19. The Morgan fingerprint density at radius 2 is 1.96 bits per heavy atom. The molecule has 0 bridgehead atoms. The van der Waals surface area contributed by atoms with Crippen LogP contribution in [0.25, 0.3) is 33.2 Å². The molecule has 2 aromatic heterocycles. The molecule has 0 aliphatic carbocycles. The number of aromatic nitrogens is 2. The summed E-state index contributed by atoms with van der Waals surface area (Å²) in [6.45, 7) is 5.86. The van der Waals surface area contributed by atoms with E-state index in [-0.39, 0.29) is 10.3 Å². The molecule has 26 heavy (non-hydrogen) atoms. The second kappa shape index (κ2) is 6.09. The Hall–Kier alpha value is -2.40. The van der Waals surface area contributed by atoms with Gasteiger partial charge in [0.25, 0.3) is 0 Å². The van der Waals surface area contributed by atoms with Crippen LogP contribution in [0.1, 0.15) is 28.4 Å². The summed E-state index contributed by atoms with van der Waals surface area (Å²) < 4.78 is 8.09. The molecule has 132 valence electrons. The van der Waals surface area contributed by atoms with Crippen LogP contribution in [0.2, 0.25) is 0 Å². The molecule has 0 spiro atoms. The van der Waals surface area contributed by atoms with Gasteiger partial charge < -0.3 is 4.42 Å². The highest BCUT2D eigenvalue weighted by Gasteiger charge is 2.18. The molecule has 4 rings (SSSR count). The molecule has 0 N–H and O–H groups in total. The van der Waals surface area contributed by atoms with Crippen LogP contribution < -0.4 is 5.43 Å². The van der Waals surface area contributed by atoms with Gasteiger partial charge in [0.2, 0.25) is 0 Å². The minimum atomic E-state index is 0.0191. The first-order valence-corrected chi connectivity index (χ1v) is 9.42. The lowest BCUT2D eigenvalue weighted by Gasteiger charge is -2.13. The zero-order valence-electron chi connectivity index (χ0n) is 15.1. The molecule has 1 unspecified atom stereocenters. The van der Waals surface area contributed by atoms with E-state index in [0.717, 1.165) is 27.6 Å². The SMILES string of the molecule is Cc1cc(C(C)Br)c2oc(-c3ccc4nn(C)cc4c3)c(C)c(=O)c2c1. The van der Waals surface area contributed by atoms with E-state index >= 15 is 0 Å². The average Bonchev–Trinajstić information content (AvgIpc) is 2.96. The normalized spacial score (nSPS) is 12.8. The fourth-order valence-corrected chi connectivity index (χ4v) is 3.77. The Labute approximate surface area is 159 Å². The molecule has 1 atom stereocenters. The van der Waals surface area contributed by atoms with Crippen LogP contribution in [-0.4, -0.2) is 9.78 Å². The first-order valence-electron chi connectivity index (χ1n) is 8.51. The van der Waals surface area contributed by atoms with Crippen LogP contribution >= 0.6 is 15.9 Å². The highest BCUT2D eigenvalue weighted by atomic mass is 79.9. The zero-order chi connectivity index (χ0) is 18.6. The predicted molar refractivity (Wildman–Crippen MR) is 109 cm³/mol. The highest BCUT2D eigenvalue weighted by molar-refractivity contribution is 9.09. The number of alkyl halides is 1. The summed E-state index contributed by atoms with van der Waals surface area (Å²) in [7, 11) is 1.90. The van der Waals surface area contributed by atoms with Crippen LogP contribution in [0.5, 0.6) is 0 Å². The van der Waals surface area contributed by atoms with E-state index in [2.05, 4.69) is 27.1 Å². The van der Waals surface area contributed by atoms with Crippen molar-refractivity contribution >= 4 is 37.8 Å². The average molecular weight is 411 g/mol. The number of rotatable bonds is 2. The molecule has 0 fully saturated rings. The fraction of sp³-hybridized carbons (Fsp3) is 0.238. The summed E-state index contributed by atoms with van der Waals surface area (Å²) in [6.07, 6.45) is 1.96. The third kappa shape index (κ3) is 2.67. The molecule has 0 saturated carbocycles. The largest absolute Gasteiger partial charge is 0.455 e. The fourth-order valence-electron chi connectivity index (χ4n) is 3.43. The van der Waals surface area contributed by atoms with E-state index in [1.807, 2.05) is 58.3 Å². The molecular formula is C21H19BrN2O2. The summed E-state index contributed by atoms with van der Waals surface area (Å²) in [5.41, 5.74) is 5.14. The smallest absolute Gasteiger partial charge is 0.196 e. The Morgan fingerprint density at radius 1 is 1.19 bits per heavy atom. The van der Waals surface area contributed by atoms with Crippen molar-refractivity contribution in [2.24, 2.45) is 7.05 Å². The summed E-state index contributed by atoms with van der Waals surface area (Å²) in [4.78, 5) is 13.1. The van der Waals surface area contributed by atoms with Crippen LogP contribution in [0, 0.1) is 13.8 Å². The predicted octanol–water partition coefficient (Wildman–Crippen LogP) is 5.42. The van der Waals surface area contributed by atoms with Gasteiger partial charge in [-0.05, 0) is 50.6 Å². The lowest BCUT2D eigenvalue weighted by molar-refractivity contribution is 0.609. The summed E-state index contributed by atoms with van der Waals surface area (Å²) in [6, 6.07) is 9.90. The number of hydrogen-bond donors (Lipinski definition) is 0. The van der Waals surface area contributed by atoms with Gasteiger partial charge in [0.1, 0.15) is 11.3 Å². The first kappa shape index (κ1) is 17.0. The maximum atomic E-state index is 13.0. The maximum absolute atomic E-state index is 13.0. The molecule has 5 heteroatoms. The van der Waals surface area contributed by atoms with Crippen molar-refractivity contribution in [2.75, 3.05) is 0 Å². The van der Waals surface area contributed by atoms with Crippen LogP contribution in [0.3, 0.4) is 0 Å². The van der Waals surface area contributed by atoms with Crippen molar-refractivity contribution in [3.8, 4) is 11.3 Å². The van der Waals surface area contributed by atoms with E-state index in [0.29, 0.717) is 22.3 Å². The molecule has 4 aromatic rings. The van der Waals surface area contributed by atoms with E-state index in [9.17, 15) is 4.79 Å². The summed E-state index contributed by atoms with van der Waals surface area (Å²) in [5.74, 6) is 0.617. The Balaban J connectivity index is 2.05. The highest BCUT2D eigenvalue weighted by Crippen LogP contribution is 2.34. The lowest BCUT2D eigenvalue weighted by Crippen LogP contribution is -2.09. The number of benzene rings is 2. The lowest BCUT2D eigenvalue weighted by atomic mass is 10.0. The van der Waals surface area contributed by atoms with Gasteiger partial charge in [0.15, 0.2) is 5.43 Å². The van der Waals surface area contributed by atoms with E-state index in [1.54, 1.807) is 4.68 Å². The molecule has 0 amide bonds. The number of halogens is 1. The number of aryl methyl sites for hydroxylation is 2. The molecule has 2 aromatic carbocycles. The van der Waals surface area contributed by atoms with E-state index in [1.165, 1.54) is 0 Å². The molecular weight excluding hydrogens is 392 g/mol. The minimum absolute atomic E-state index is 0.0191. The van der Waals surface area contributed by atoms with Gasteiger partial charge in [-0.3, -0.25) is 9.48 Å². The van der Waals surface area contributed by atoms with Crippen molar-refractivity contribution in [1.29, 1.82) is 0 Å². The monoisotopic (exact) mass is 410 g/mol. The van der Waals surface area contributed by atoms with Crippen molar-refractivity contribution in [2.45, 2.75) is 25.6 Å². The second-order valence-corrected chi connectivity index (χ2v) is 8.18. The zero-order valence-corrected chi connectivity index (χ0v) is 16.7. The minimum Gasteiger partial charge on any atom is -0.455 e. The Kier molecular flexibility index (Phi) is 3.99. The molecule has 0 aliphatic rings. The standard InChI is InChI=1S/C21H19BrN2O2/c1-11-7-16(13(3)22)21-17(8-11)19(25)12(2)20(26-21)14-5-6-18-15(9-14)10-24(4)23-18/h5-10,13H,1-4H3. The van der Waals surface area contributed by atoms with Crippen molar-refractivity contribution in [3.05, 3.63) is 63.4 Å². The Bertz CT molecular complexity index is 1220. The first-order chi connectivity index (χ1) is 12.3. The third-order valence-electron chi connectivity index (χ3n) is 4.70. The Morgan fingerprint density at radius 3 is 2.69 bits per heavy atom. The quantitative estimate of drug-likeness (QED) is 0.414. The molecule has 2 heterocycles. The molecule has 4 nitrogen and oxygen atoms in total. The molecule has 0 saturated heterocycles. The van der Waals surface area contributed by atoms with Gasteiger partial charge >= 0.3 is 0 Å². The number of hydrogen-bond acceptors (Lipinski definition) is 3. The van der Waals surface area contributed by atoms with Crippen molar-refractivity contribution in [1.82, 2.24) is 9.78 Å². The summed E-state index contributed by atoms with van der Waals surface area (Å²) in [5, 5.41) is 6.06. The van der Waals surface area contributed by atoms with Crippen molar-refractivity contribution in [3.63, 3.8) is 0 Å². The van der Waals surface area contributed by atoms with Gasteiger partial charge in [0.05, 0.1) is 10.9 Å². The molecule has 0 radical (unpaired) electrons. The van der Waals surface area contributed by atoms with Gasteiger partial charge in [-0.15, -0.1) is 0 Å². The topological polar surface area (TPSA) is 48.0 Å². The second-order valence-electron chi connectivity index (χ2n) is 6.81. The number of nitrogens with zero attached hydrogens (tertiary/aromatic N) is 2. The molecule has 0 aliphatic heterocycles. The van der Waals surface area contributed by atoms with Gasteiger partial charge in [-0.25, -0.2) is 0 Å². The number of fused-ring (bicyclic) bond motifs is 2.